The predicted octanol–water partition coefficient (Wildman–Crippen LogP) is 2.08. The lowest BCUT2D eigenvalue weighted by Gasteiger charge is -2.17. The molecule has 1 saturated heterocycles. The molecular weight excluding hydrogens is 290 g/mol. The Morgan fingerprint density at radius 3 is 3.13 bits per heavy atom. The van der Waals surface area contributed by atoms with Gasteiger partial charge in [0.2, 0.25) is 0 Å². The average Bonchev–Trinajstić information content (AvgIpc) is 2.99. The standard InChI is InChI=1S/C17H23N5O/c1-12(23)10-22-16-7-17-15(6-13(16)8-20-22)19-11-21(17)14-4-2-3-5-18-9-14/h6-8,11-12,14,18,23H,2-5,9-10H2,1H3/t12-,14+/m0/s1. The molecule has 0 spiro atoms. The summed E-state index contributed by atoms with van der Waals surface area (Å²) in [5, 5.41) is 18.7. The predicted molar refractivity (Wildman–Crippen MR) is 90.5 cm³/mol. The maximum absolute atomic E-state index is 9.66. The number of hydrogen-bond donors (Lipinski definition) is 2. The quantitative estimate of drug-likeness (QED) is 0.777. The van der Waals surface area contributed by atoms with E-state index < -0.39 is 6.10 Å². The highest BCUT2D eigenvalue weighted by Gasteiger charge is 2.17. The van der Waals surface area contributed by atoms with Gasteiger partial charge in [-0.15, -0.1) is 0 Å². The number of hydrogen-bond acceptors (Lipinski definition) is 4. The molecule has 3 aromatic rings. The smallest absolute Gasteiger partial charge is 0.0961 e. The third-order valence-corrected chi connectivity index (χ3v) is 4.69. The summed E-state index contributed by atoms with van der Waals surface area (Å²) in [6, 6.07) is 4.71. The van der Waals surface area contributed by atoms with Crippen molar-refractivity contribution in [3.8, 4) is 0 Å². The summed E-state index contributed by atoms with van der Waals surface area (Å²) in [6.07, 6.45) is 7.08. The third kappa shape index (κ3) is 2.72. The van der Waals surface area contributed by atoms with Crippen molar-refractivity contribution < 1.29 is 5.11 Å². The minimum absolute atomic E-state index is 0.412. The first-order valence-electron chi connectivity index (χ1n) is 8.43. The van der Waals surface area contributed by atoms with Crippen LogP contribution in [0.25, 0.3) is 21.9 Å². The van der Waals surface area contributed by atoms with Crippen LogP contribution in [0.1, 0.15) is 32.2 Å². The maximum Gasteiger partial charge on any atom is 0.0961 e. The first kappa shape index (κ1) is 14.7. The monoisotopic (exact) mass is 313 g/mol. The molecular formula is C17H23N5O. The second-order valence-corrected chi connectivity index (χ2v) is 6.58. The van der Waals surface area contributed by atoms with Gasteiger partial charge in [0, 0.05) is 18.0 Å². The van der Waals surface area contributed by atoms with Crippen LogP contribution in [0.3, 0.4) is 0 Å². The molecule has 1 aliphatic rings. The molecule has 0 aliphatic carbocycles. The molecule has 6 nitrogen and oxygen atoms in total. The largest absolute Gasteiger partial charge is 0.391 e. The Morgan fingerprint density at radius 1 is 1.35 bits per heavy atom. The van der Waals surface area contributed by atoms with Gasteiger partial charge in [0.05, 0.1) is 41.7 Å². The molecule has 0 unspecified atom stereocenters. The van der Waals surface area contributed by atoms with Crippen molar-refractivity contribution in [2.75, 3.05) is 13.1 Å². The van der Waals surface area contributed by atoms with Crippen LogP contribution in [0, 0.1) is 0 Å². The molecule has 1 aromatic carbocycles. The van der Waals surface area contributed by atoms with E-state index in [-0.39, 0.29) is 0 Å². The van der Waals surface area contributed by atoms with Gasteiger partial charge in [-0.05, 0) is 38.4 Å². The van der Waals surface area contributed by atoms with Crippen molar-refractivity contribution in [3.05, 3.63) is 24.7 Å². The highest BCUT2D eigenvalue weighted by atomic mass is 16.3. The fourth-order valence-electron chi connectivity index (χ4n) is 3.52. The molecule has 1 fully saturated rings. The molecule has 6 heteroatoms. The Bertz CT molecular complexity index is 811. The second-order valence-electron chi connectivity index (χ2n) is 6.58. The van der Waals surface area contributed by atoms with Crippen LogP contribution < -0.4 is 5.32 Å². The molecule has 2 N–H and O–H groups in total. The van der Waals surface area contributed by atoms with E-state index in [2.05, 4.69) is 32.1 Å². The number of nitrogens with one attached hydrogen (secondary N) is 1. The Morgan fingerprint density at radius 2 is 2.26 bits per heavy atom. The highest BCUT2D eigenvalue weighted by molar-refractivity contribution is 5.93. The Labute approximate surface area is 135 Å². The number of benzene rings is 1. The van der Waals surface area contributed by atoms with Gasteiger partial charge in [0.1, 0.15) is 0 Å². The van der Waals surface area contributed by atoms with E-state index in [1.807, 2.05) is 17.2 Å². The lowest BCUT2D eigenvalue weighted by molar-refractivity contribution is 0.170. The van der Waals surface area contributed by atoms with Crippen molar-refractivity contribution in [2.45, 2.75) is 44.9 Å². The zero-order chi connectivity index (χ0) is 15.8. The number of imidazole rings is 1. The van der Waals surface area contributed by atoms with E-state index >= 15 is 0 Å². The van der Waals surface area contributed by atoms with Crippen LogP contribution >= 0.6 is 0 Å². The minimum atomic E-state index is -0.412. The van der Waals surface area contributed by atoms with E-state index in [9.17, 15) is 5.11 Å². The highest BCUT2D eigenvalue weighted by Crippen LogP contribution is 2.27. The second kappa shape index (κ2) is 5.94. The zero-order valence-electron chi connectivity index (χ0n) is 13.4. The van der Waals surface area contributed by atoms with Gasteiger partial charge in [-0.2, -0.15) is 5.10 Å². The van der Waals surface area contributed by atoms with Crippen molar-refractivity contribution in [3.63, 3.8) is 0 Å². The number of aliphatic hydroxyl groups is 1. The van der Waals surface area contributed by atoms with Crippen LogP contribution in [0.15, 0.2) is 24.7 Å². The number of rotatable bonds is 3. The van der Waals surface area contributed by atoms with E-state index in [0.29, 0.717) is 12.6 Å². The topological polar surface area (TPSA) is 67.9 Å². The molecule has 2 atom stereocenters. The van der Waals surface area contributed by atoms with Gasteiger partial charge in [-0.3, -0.25) is 4.68 Å². The van der Waals surface area contributed by atoms with Crippen LogP contribution in [0.4, 0.5) is 0 Å². The molecule has 1 aliphatic heterocycles. The van der Waals surface area contributed by atoms with Gasteiger partial charge in [0.15, 0.2) is 0 Å². The third-order valence-electron chi connectivity index (χ3n) is 4.69. The van der Waals surface area contributed by atoms with Crippen LogP contribution in [-0.4, -0.2) is 43.6 Å². The SMILES string of the molecule is C[C@H](O)Cn1ncc2cc3ncn([C@@H]4CCCCNC4)c3cc21. The molecule has 0 radical (unpaired) electrons. The lowest BCUT2D eigenvalue weighted by Crippen LogP contribution is -2.22. The van der Waals surface area contributed by atoms with Gasteiger partial charge in [-0.1, -0.05) is 6.42 Å². The van der Waals surface area contributed by atoms with E-state index in [0.717, 1.165) is 35.0 Å². The molecule has 2 aromatic heterocycles. The van der Waals surface area contributed by atoms with Crippen LogP contribution in [-0.2, 0) is 6.54 Å². The normalized spacial score (nSPS) is 20.9. The van der Waals surface area contributed by atoms with E-state index in [4.69, 9.17) is 0 Å². The van der Waals surface area contributed by atoms with Crippen molar-refractivity contribution >= 4 is 21.9 Å². The van der Waals surface area contributed by atoms with E-state index in [1.165, 1.54) is 19.3 Å². The Hall–Kier alpha value is -1.92. The Kier molecular flexibility index (Phi) is 3.79. The lowest BCUT2D eigenvalue weighted by atomic mass is 10.1. The van der Waals surface area contributed by atoms with Crippen LogP contribution in [0.2, 0.25) is 0 Å². The first-order chi connectivity index (χ1) is 11.2. The maximum atomic E-state index is 9.66. The molecule has 3 heterocycles. The molecule has 122 valence electrons. The molecule has 0 amide bonds. The van der Waals surface area contributed by atoms with Crippen molar-refractivity contribution in [2.24, 2.45) is 0 Å². The van der Waals surface area contributed by atoms with Crippen LogP contribution in [0.5, 0.6) is 0 Å². The minimum Gasteiger partial charge on any atom is -0.391 e. The number of nitrogens with zero attached hydrogens (tertiary/aromatic N) is 4. The summed E-state index contributed by atoms with van der Waals surface area (Å²) >= 11 is 0. The summed E-state index contributed by atoms with van der Waals surface area (Å²) in [5.74, 6) is 0. The van der Waals surface area contributed by atoms with Gasteiger partial charge in [0.25, 0.3) is 0 Å². The summed E-state index contributed by atoms with van der Waals surface area (Å²) < 4.78 is 4.18. The summed E-state index contributed by atoms with van der Waals surface area (Å²) in [6.45, 7) is 4.40. The summed E-state index contributed by atoms with van der Waals surface area (Å²) in [4.78, 5) is 4.59. The van der Waals surface area contributed by atoms with Crippen molar-refractivity contribution in [1.82, 2.24) is 24.6 Å². The average molecular weight is 313 g/mol. The van der Waals surface area contributed by atoms with Gasteiger partial charge in [-0.25, -0.2) is 4.98 Å². The first-order valence-corrected chi connectivity index (χ1v) is 8.43. The number of aromatic nitrogens is 4. The summed E-state index contributed by atoms with van der Waals surface area (Å²) in [5.41, 5.74) is 3.22. The van der Waals surface area contributed by atoms with E-state index in [1.54, 1.807) is 6.92 Å². The molecule has 4 rings (SSSR count). The number of aliphatic hydroxyl groups excluding tert-OH is 1. The van der Waals surface area contributed by atoms with Crippen molar-refractivity contribution in [1.29, 1.82) is 0 Å². The summed E-state index contributed by atoms with van der Waals surface area (Å²) in [7, 11) is 0. The van der Waals surface area contributed by atoms with Gasteiger partial charge < -0.3 is 15.0 Å². The molecule has 0 saturated carbocycles. The van der Waals surface area contributed by atoms with Gasteiger partial charge >= 0.3 is 0 Å². The molecule has 0 bridgehead atoms. The zero-order valence-corrected chi connectivity index (χ0v) is 13.4. The fourth-order valence-corrected chi connectivity index (χ4v) is 3.52. The fraction of sp³-hybridized carbons (Fsp3) is 0.529. The Balaban J connectivity index is 1.79. The number of fused-ring (bicyclic) bond motifs is 2. The molecule has 23 heavy (non-hydrogen) atoms.